The van der Waals surface area contributed by atoms with E-state index >= 15 is 0 Å². The van der Waals surface area contributed by atoms with E-state index in [1.165, 1.54) is 57.6 Å². The predicted molar refractivity (Wildman–Crippen MR) is 139 cm³/mol. The van der Waals surface area contributed by atoms with Crippen LogP contribution in [0.1, 0.15) is 89.4 Å². The van der Waals surface area contributed by atoms with E-state index in [2.05, 4.69) is 16.9 Å². The number of fused-ring (bicyclic) bond motifs is 1. The highest BCUT2D eigenvalue weighted by molar-refractivity contribution is 7.86. The number of nitrogens with one attached hydrogen (secondary N) is 1. The van der Waals surface area contributed by atoms with Gasteiger partial charge in [-0.15, -0.1) is 0 Å². The molecule has 1 aromatic heterocycles. The summed E-state index contributed by atoms with van der Waals surface area (Å²) in [4.78, 5) is 8.07. The highest BCUT2D eigenvalue weighted by atomic mass is 32.2. The number of rotatable bonds is 16. The van der Waals surface area contributed by atoms with Gasteiger partial charge in [-0.3, -0.25) is 9.11 Å². The van der Waals surface area contributed by atoms with Crippen LogP contribution in [0.3, 0.4) is 0 Å². The van der Waals surface area contributed by atoms with Gasteiger partial charge in [0.1, 0.15) is 5.82 Å². The Morgan fingerprint density at radius 1 is 1.03 bits per heavy atom. The number of thiocarbonyl (C=S) groups is 1. The van der Waals surface area contributed by atoms with E-state index in [1.807, 2.05) is 0 Å². The van der Waals surface area contributed by atoms with Crippen molar-refractivity contribution in [2.45, 2.75) is 101 Å². The molecule has 192 valence electrons. The zero-order valence-electron chi connectivity index (χ0n) is 19.9. The van der Waals surface area contributed by atoms with E-state index in [0.29, 0.717) is 28.8 Å². The Bertz CT molecular complexity index is 1170. The van der Waals surface area contributed by atoms with Crippen LogP contribution in [0.15, 0.2) is 17.0 Å². The van der Waals surface area contributed by atoms with E-state index in [9.17, 15) is 21.4 Å². The third-order valence-electron chi connectivity index (χ3n) is 5.98. The Kier molecular flexibility index (Phi) is 11.1. The summed E-state index contributed by atoms with van der Waals surface area (Å²) in [5.74, 6) is 0.466. The minimum Gasteiger partial charge on any atom is -0.342 e. The third-order valence-corrected chi connectivity index (χ3v) is 8.41. The van der Waals surface area contributed by atoms with Gasteiger partial charge in [0.15, 0.2) is 0 Å². The summed E-state index contributed by atoms with van der Waals surface area (Å²) in [6.07, 6.45) is 11.1. The second-order valence-electron chi connectivity index (χ2n) is 8.94. The number of hydrogen-bond acceptors (Lipinski definition) is 6. The summed E-state index contributed by atoms with van der Waals surface area (Å²) in [5, 5.41) is -0.951. The lowest BCUT2D eigenvalue weighted by Crippen LogP contribution is -2.17. The maximum atomic E-state index is 11.8. The molecular formula is C23H36N2O6S3. The molecule has 0 aliphatic heterocycles. The van der Waals surface area contributed by atoms with E-state index in [0.717, 1.165) is 24.1 Å². The van der Waals surface area contributed by atoms with Crippen molar-refractivity contribution in [1.29, 1.82) is 0 Å². The first-order valence-corrected chi connectivity index (χ1v) is 15.2. The maximum Gasteiger partial charge on any atom is 0.294 e. The Balaban J connectivity index is 2.07. The topological polar surface area (TPSA) is 137 Å². The molecular weight excluding hydrogens is 496 g/mol. The molecule has 0 bridgehead atoms. The van der Waals surface area contributed by atoms with Crippen molar-refractivity contribution in [2.75, 3.05) is 0 Å². The van der Waals surface area contributed by atoms with Gasteiger partial charge >= 0.3 is 0 Å². The number of imidazole rings is 1. The van der Waals surface area contributed by atoms with Gasteiger partial charge in [-0.1, -0.05) is 64.1 Å². The van der Waals surface area contributed by atoms with Gasteiger partial charge in [-0.2, -0.15) is 16.8 Å². The SMILES string of the molecule is CCCCCCCCCCC(=S)Cc1cc(S(=O)(=O)O)cc2[nH]c(CCC(C)S(=O)(=O)O)nc12. The van der Waals surface area contributed by atoms with Gasteiger partial charge in [0.2, 0.25) is 0 Å². The van der Waals surface area contributed by atoms with Crippen LogP contribution in [0.25, 0.3) is 11.0 Å². The van der Waals surface area contributed by atoms with Crippen LogP contribution in [-0.4, -0.2) is 46.0 Å². The van der Waals surface area contributed by atoms with Gasteiger partial charge in [-0.25, -0.2) is 4.98 Å². The number of aromatic amines is 1. The number of unbranched alkanes of at least 4 members (excludes halogenated alkanes) is 7. The molecule has 0 aliphatic carbocycles. The highest BCUT2D eigenvalue weighted by Gasteiger charge is 2.20. The first kappa shape index (κ1) is 28.8. The van der Waals surface area contributed by atoms with E-state index in [-0.39, 0.29) is 17.7 Å². The first-order chi connectivity index (χ1) is 15.9. The van der Waals surface area contributed by atoms with Gasteiger partial charge in [0, 0.05) is 12.8 Å². The van der Waals surface area contributed by atoms with E-state index in [4.69, 9.17) is 16.8 Å². The number of aryl methyl sites for hydroxylation is 1. The predicted octanol–water partition coefficient (Wildman–Crippen LogP) is 5.46. The monoisotopic (exact) mass is 532 g/mol. The van der Waals surface area contributed by atoms with E-state index in [1.54, 1.807) is 0 Å². The van der Waals surface area contributed by atoms with Gasteiger partial charge in [-0.05, 0) is 48.7 Å². The van der Waals surface area contributed by atoms with Gasteiger partial charge in [0.25, 0.3) is 20.2 Å². The molecule has 1 heterocycles. The van der Waals surface area contributed by atoms with Crippen molar-refractivity contribution < 1.29 is 25.9 Å². The molecule has 8 nitrogen and oxygen atoms in total. The lowest BCUT2D eigenvalue weighted by Gasteiger charge is -2.07. The molecule has 2 aromatic rings. The Hall–Kier alpha value is -1.40. The average Bonchev–Trinajstić information content (AvgIpc) is 3.16. The number of benzene rings is 1. The van der Waals surface area contributed by atoms with Gasteiger partial charge in [0.05, 0.1) is 21.2 Å². The summed E-state index contributed by atoms with van der Waals surface area (Å²) in [7, 11) is -8.57. The lowest BCUT2D eigenvalue weighted by atomic mass is 10.0. The Labute approximate surface area is 208 Å². The van der Waals surface area contributed by atoms with Crippen LogP contribution < -0.4 is 0 Å². The molecule has 11 heteroatoms. The fourth-order valence-corrected chi connectivity index (χ4v) is 5.13. The molecule has 34 heavy (non-hydrogen) atoms. The highest BCUT2D eigenvalue weighted by Crippen LogP contribution is 2.25. The number of nitrogens with zero attached hydrogens (tertiary/aromatic N) is 1. The first-order valence-electron chi connectivity index (χ1n) is 11.9. The van der Waals surface area contributed by atoms with Crippen LogP contribution in [0.5, 0.6) is 0 Å². The van der Waals surface area contributed by atoms with Crippen molar-refractivity contribution in [2.24, 2.45) is 0 Å². The fourth-order valence-electron chi connectivity index (χ4n) is 3.86. The minimum atomic E-state index is -4.43. The third kappa shape index (κ3) is 9.33. The number of hydrogen-bond donors (Lipinski definition) is 3. The molecule has 0 radical (unpaired) electrons. The summed E-state index contributed by atoms with van der Waals surface area (Å²) in [6.45, 7) is 3.61. The maximum absolute atomic E-state index is 11.8. The van der Waals surface area contributed by atoms with Crippen molar-refractivity contribution in [3.63, 3.8) is 0 Å². The van der Waals surface area contributed by atoms with Crippen LogP contribution in [0, 0.1) is 0 Å². The molecule has 0 saturated heterocycles. The fraction of sp³-hybridized carbons (Fsp3) is 0.652. The van der Waals surface area contributed by atoms with Crippen molar-refractivity contribution in [1.82, 2.24) is 9.97 Å². The molecule has 0 aliphatic rings. The van der Waals surface area contributed by atoms with Crippen molar-refractivity contribution in [3.05, 3.63) is 23.5 Å². The Morgan fingerprint density at radius 2 is 1.65 bits per heavy atom. The summed E-state index contributed by atoms with van der Waals surface area (Å²) in [6, 6.07) is 2.70. The smallest absolute Gasteiger partial charge is 0.294 e. The second-order valence-corrected chi connectivity index (χ2v) is 12.8. The number of aromatic nitrogens is 2. The molecule has 1 aromatic carbocycles. The zero-order chi connectivity index (χ0) is 25.4. The van der Waals surface area contributed by atoms with Crippen molar-refractivity contribution >= 4 is 48.4 Å². The van der Waals surface area contributed by atoms with Crippen LogP contribution in [0.2, 0.25) is 0 Å². The molecule has 0 saturated carbocycles. The van der Waals surface area contributed by atoms with E-state index < -0.39 is 25.5 Å². The summed E-state index contributed by atoms with van der Waals surface area (Å²) in [5.41, 5.74) is 1.56. The molecule has 1 atom stereocenters. The zero-order valence-corrected chi connectivity index (χ0v) is 22.4. The quantitative estimate of drug-likeness (QED) is 0.147. The normalized spacial score (nSPS) is 13.4. The van der Waals surface area contributed by atoms with Gasteiger partial charge < -0.3 is 4.98 Å². The molecule has 0 spiro atoms. The largest absolute Gasteiger partial charge is 0.342 e. The lowest BCUT2D eigenvalue weighted by molar-refractivity contribution is 0.465. The van der Waals surface area contributed by atoms with Crippen molar-refractivity contribution in [3.8, 4) is 0 Å². The summed E-state index contributed by atoms with van der Waals surface area (Å²) >= 11 is 5.56. The molecule has 2 rings (SSSR count). The minimum absolute atomic E-state index is 0.149. The van der Waals surface area contributed by atoms with Crippen LogP contribution in [-0.2, 0) is 33.1 Å². The summed E-state index contributed by atoms with van der Waals surface area (Å²) < 4.78 is 64.8. The molecule has 0 amide bonds. The van der Waals surface area contributed by atoms with Crippen LogP contribution >= 0.6 is 12.2 Å². The van der Waals surface area contributed by atoms with Crippen LogP contribution in [0.4, 0.5) is 0 Å². The molecule has 1 unspecified atom stereocenters. The second kappa shape index (κ2) is 13.1. The molecule has 3 N–H and O–H groups in total. The number of H-pyrrole nitrogens is 1. The standard InChI is InChI=1S/C23H36N2O6S3/c1-3-4-5-6-7-8-9-10-11-19(32)14-18-15-20(34(29,30)31)16-21-23(18)25-22(24-21)13-12-17(2)33(26,27)28/h15-17H,3-14H2,1-2H3,(H,24,25)(H,26,27,28)(H,29,30,31). The molecule has 0 fully saturated rings. The Morgan fingerprint density at radius 3 is 2.24 bits per heavy atom. The average molecular weight is 533 g/mol.